The Bertz CT molecular complexity index is 680. The van der Waals surface area contributed by atoms with E-state index in [1.165, 1.54) is 30.4 Å². The number of fused-ring (bicyclic) bond motifs is 1. The number of hydrogen-bond donors (Lipinski definition) is 0. The van der Waals surface area contributed by atoms with Crippen molar-refractivity contribution in [1.82, 2.24) is 0 Å². The second kappa shape index (κ2) is 6.39. The molecule has 1 fully saturated rings. The third kappa shape index (κ3) is 3.29. The van der Waals surface area contributed by atoms with E-state index in [1.54, 1.807) is 11.1 Å². The van der Waals surface area contributed by atoms with Gasteiger partial charge in [-0.3, -0.25) is 0 Å². The Kier molecular flexibility index (Phi) is 4.60. The van der Waals surface area contributed by atoms with Crippen molar-refractivity contribution in [3.8, 4) is 0 Å². The first-order valence-electron chi connectivity index (χ1n) is 9.51. The fourth-order valence-corrected chi connectivity index (χ4v) is 4.46. The molecular weight excluding hydrogens is 288 g/mol. The van der Waals surface area contributed by atoms with Crippen LogP contribution < -0.4 is 0 Å². The summed E-state index contributed by atoms with van der Waals surface area (Å²) in [6, 6.07) is 10.7. The second-order valence-corrected chi connectivity index (χ2v) is 8.88. The summed E-state index contributed by atoms with van der Waals surface area (Å²) >= 11 is 0. The van der Waals surface area contributed by atoms with Crippen LogP contribution in [0.5, 0.6) is 0 Å². The van der Waals surface area contributed by atoms with Gasteiger partial charge < -0.3 is 0 Å². The van der Waals surface area contributed by atoms with E-state index in [1.807, 2.05) is 0 Å². The van der Waals surface area contributed by atoms with Gasteiger partial charge in [0.1, 0.15) is 0 Å². The van der Waals surface area contributed by atoms with Crippen LogP contribution in [0.25, 0.3) is 6.08 Å². The number of benzene rings is 1. The SMILES string of the molecule is CCC(=Cc1ccccc1)C1=CC=C2C(C1)C(C)(C)CCC2(C)C. The molecule has 0 N–H and O–H groups in total. The molecule has 0 amide bonds. The van der Waals surface area contributed by atoms with Crippen molar-refractivity contribution in [2.45, 2.75) is 60.3 Å². The highest BCUT2D eigenvalue weighted by Gasteiger charge is 2.44. The maximum absolute atomic E-state index is 2.47. The monoisotopic (exact) mass is 320 g/mol. The number of allylic oxidation sites excluding steroid dienone is 5. The molecule has 0 radical (unpaired) electrons. The highest BCUT2D eigenvalue weighted by atomic mass is 14.5. The standard InChI is InChI=1S/C24H32/c1-6-19(16-18-10-8-7-9-11-18)20-12-13-21-22(17-20)24(4,5)15-14-23(21,2)3/h7-13,16,22H,6,14-15,17H2,1-5H3. The van der Waals surface area contributed by atoms with E-state index in [2.05, 4.69) is 83.2 Å². The van der Waals surface area contributed by atoms with Crippen molar-refractivity contribution in [1.29, 1.82) is 0 Å². The Morgan fingerprint density at radius 3 is 2.42 bits per heavy atom. The van der Waals surface area contributed by atoms with Gasteiger partial charge in [-0.1, -0.05) is 88.8 Å². The molecule has 0 saturated heterocycles. The van der Waals surface area contributed by atoms with Gasteiger partial charge in [0.25, 0.3) is 0 Å². The smallest absolute Gasteiger partial charge is 0.0103 e. The summed E-state index contributed by atoms with van der Waals surface area (Å²) in [5.41, 5.74) is 6.80. The van der Waals surface area contributed by atoms with Crippen LogP contribution in [0.2, 0.25) is 0 Å². The van der Waals surface area contributed by atoms with Crippen LogP contribution >= 0.6 is 0 Å². The largest absolute Gasteiger partial charge is 0.0622 e. The van der Waals surface area contributed by atoms with Gasteiger partial charge in [-0.25, -0.2) is 0 Å². The topological polar surface area (TPSA) is 0 Å². The van der Waals surface area contributed by atoms with Gasteiger partial charge in [-0.05, 0) is 59.1 Å². The molecule has 128 valence electrons. The van der Waals surface area contributed by atoms with E-state index in [4.69, 9.17) is 0 Å². The molecule has 0 aliphatic heterocycles. The third-order valence-electron chi connectivity index (χ3n) is 6.32. The first-order chi connectivity index (χ1) is 11.3. The van der Waals surface area contributed by atoms with Crippen LogP contribution in [0.15, 0.2) is 59.2 Å². The molecule has 1 atom stereocenters. The fourth-order valence-electron chi connectivity index (χ4n) is 4.46. The van der Waals surface area contributed by atoms with E-state index >= 15 is 0 Å². The summed E-state index contributed by atoms with van der Waals surface area (Å²) in [6.07, 6.45) is 12.2. The van der Waals surface area contributed by atoms with Crippen LogP contribution in [-0.4, -0.2) is 0 Å². The van der Waals surface area contributed by atoms with Crippen molar-refractivity contribution >= 4 is 6.08 Å². The Morgan fingerprint density at radius 2 is 1.75 bits per heavy atom. The molecule has 1 aromatic rings. The maximum Gasteiger partial charge on any atom is -0.0103 e. The summed E-state index contributed by atoms with van der Waals surface area (Å²) in [4.78, 5) is 0. The van der Waals surface area contributed by atoms with Crippen LogP contribution in [0, 0.1) is 16.7 Å². The summed E-state index contributed by atoms with van der Waals surface area (Å²) in [7, 11) is 0. The lowest BCUT2D eigenvalue weighted by molar-refractivity contribution is 0.122. The molecule has 2 aliphatic rings. The average molecular weight is 321 g/mol. The molecule has 0 heteroatoms. The summed E-state index contributed by atoms with van der Waals surface area (Å²) in [5.74, 6) is 0.687. The lowest BCUT2D eigenvalue weighted by Gasteiger charge is -2.50. The first-order valence-corrected chi connectivity index (χ1v) is 9.51. The molecule has 0 aromatic heterocycles. The fraction of sp³-hybridized carbons (Fsp3) is 0.500. The predicted molar refractivity (Wildman–Crippen MR) is 106 cm³/mol. The zero-order chi connectivity index (χ0) is 17.4. The molecule has 24 heavy (non-hydrogen) atoms. The quantitative estimate of drug-likeness (QED) is 0.552. The third-order valence-corrected chi connectivity index (χ3v) is 6.32. The van der Waals surface area contributed by atoms with Crippen LogP contribution in [0.4, 0.5) is 0 Å². The predicted octanol–water partition coefficient (Wildman–Crippen LogP) is 7.20. The Balaban J connectivity index is 1.96. The van der Waals surface area contributed by atoms with Gasteiger partial charge in [0.05, 0.1) is 0 Å². The molecule has 3 rings (SSSR count). The molecule has 2 aliphatic carbocycles. The molecule has 0 spiro atoms. The van der Waals surface area contributed by atoms with Gasteiger partial charge in [-0.2, -0.15) is 0 Å². The minimum absolute atomic E-state index is 0.359. The van der Waals surface area contributed by atoms with E-state index in [0.717, 1.165) is 6.42 Å². The Morgan fingerprint density at radius 1 is 1.04 bits per heavy atom. The van der Waals surface area contributed by atoms with E-state index in [-0.39, 0.29) is 0 Å². The van der Waals surface area contributed by atoms with Crippen molar-refractivity contribution in [2.24, 2.45) is 16.7 Å². The minimum Gasteiger partial charge on any atom is -0.0622 e. The van der Waals surface area contributed by atoms with E-state index < -0.39 is 0 Å². The molecule has 0 bridgehead atoms. The number of rotatable bonds is 3. The molecule has 1 aromatic carbocycles. The Hall–Kier alpha value is -1.56. The normalized spacial score (nSPS) is 25.5. The van der Waals surface area contributed by atoms with Gasteiger partial charge >= 0.3 is 0 Å². The van der Waals surface area contributed by atoms with E-state index in [0.29, 0.717) is 16.7 Å². The lowest BCUT2D eigenvalue weighted by Crippen LogP contribution is -2.39. The van der Waals surface area contributed by atoms with Crippen LogP contribution in [0.3, 0.4) is 0 Å². The molecule has 1 unspecified atom stereocenters. The summed E-state index contributed by atoms with van der Waals surface area (Å²) < 4.78 is 0. The lowest BCUT2D eigenvalue weighted by atomic mass is 9.55. The van der Waals surface area contributed by atoms with E-state index in [9.17, 15) is 0 Å². The zero-order valence-electron chi connectivity index (χ0n) is 16.0. The molecular formula is C24H32. The van der Waals surface area contributed by atoms with Crippen molar-refractivity contribution in [3.63, 3.8) is 0 Å². The van der Waals surface area contributed by atoms with Gasteiger partial charge in [-0.15, -0.1) is 0 Å². The average Bonchev–Trinajstić information content (AvgIpc) is 2.57. The zero-order valence-corrected chi connectivity index (χ0v) is 16.0. The summed E-state index contributed by atoms with van der Waals surface area (Å²) in [5, 5.41) is 0. The van der Waals surface area contributed by atoms with Crippen molar-refractivity contribution in [3.05, 3.63) is 64.8 Å². The van der Waals surface area contributed by atoms with Gasteiger partial charge in [0.15, 0.2) is 0 Å². The van der Waals surface area contributed by atoms with Crippen molar-refractivity contribution < 1.29 is 0 Å². The first kappa shape index (κ1) is 17.3. The molecule has 0 heterocycles. The van der Waals surface area contributed by atoms with Crippen LogP contribution in [0.1, 0.15) is 65.9 Å². The Labute approximate surface area is 148 Å². The second-order valence-electron chi connectivity index (χ2n) is 8.88. The minimum atomic E-state index is 0.359. The highest BCUT2D eigenvalue weighted by Crippen LogP contribution is 2.55. The molecule has 1 saturated carbocycles. The van der Waals surface area contributed by atoms with Gasteiger partial charge in [0.2, 0.25) is 0 Å². The van der Waals surface area contributed by atoms with Crippen LogP contribution in [-0.2, 0) is 0 Å². The maximum atomic E-state index is 2.47. The van der Waals surface area contributed by atoms with Gasteiger partial charge in [0, 0.05) is 0 Å². The number of hydrogen-bond acceptors (Lipinski definition) is 0. The van der Waals surface area contributed by atoms with Crippen molar-refractivity contribution in [2.75, 3.05) is 0 Å². The summed E-state index contributed by atoms with van der Waals surface area (Å²) in [6.45, 7) is 12.1. The molecule has 0 nitrogen and oxygen atoms in total. The highest BCUT2D eigenvalue weighted by molar-refractivity contribution is 5.59.